The molecule has 1 fully saturated rings. The number of aryl methyl sites for hydroxylation is 2. The van der Waals surface area contributed by atoms with E-state index in [-0.39, 0.29) is 17.5 Å². The zero-order valence-electron chi connectivity index (χ0n) is 14.6. The van der Waals surface area contributed by atoms with Crippen LogP contribution in [0.4, 0.5) is 17.5 Å². The van der Waals surface area contributed by atoms with E-state index in [1.54, 1.807) is 12.3 Å². The van der Waals surface area contributed by atoms with Gasteiger partial charge in [-0.25, -0.2) is 13.4 Å². The summed E-state index contributed by atoms with van der Waals surface area (Å²) in [4.78, 5) is 8.81. The van der Waals surface area contributed by atoms with Crippen molar-refractivity contribution in [3.63, 3.8) is 0 Å². The summed E-state index contributed by atoms with van der Waals surface area (Å²) in [5, 5.41) is 6.55. The van der Waals surface area contributed by atoms with Gasteiger partial charge in [-0.1, -0.05) is 32.0 Å². The molecule has 7 heteroatoms. The maximum absolute atomic E-state index is 11.6. The Morgan fingerprint density at radius 2 is 1.88 bits per heavy atom. The Hall–Kier alpha value is -2.15. The molecule has 1 aromatic carbocycles. The van der Waals surface area contributed by atoms with Crippen molar-refractivity contribution in [2.45, 2.75) is 39.2 Å². The maximum Gasteiger partial charge on any atom is 0.229 e. The summed E-state index contributed by atoms with van der Waals surface area (Å²) in [5.41, 5.74) is 3.51. The molecule has 0 spiro atoms. The second-order valence-corrected chi connectivity index (χ2v) is 8.52. The third kappa shape index (κ3) is 4.28. The molecule has 2 aromatic rings. The molecule has 3 rings (SSSR count). The van der Waals surface area contributed by atoms with Crippen molar-refractivity contribution in [2.24, 2.45) is 0 Å². The van der Waals surface area contributed by atoms with Gasteiger partial charge in [-0.05, 0) is 36.5 Å². The van der Waals surface area contributed by atoms with E-state index >= 15 is 0 Å². The highest BCUT2D eigenvalue weighted by atomic mass is 32.2. The number of hydrogen-bond donors (Lipinski definition) is 2. The standard InChI is InChI=1S/C18H24N4O2S/c1-3-13-6-5-7-14(4-2)17(13)22-18-19-10-8-16(21-18)20-15-9-11-25(23,24)12-15/h5-8,10,15H,3-4,9,11-12H2,1-2H3,(H2,19,20,21,22). The summed E-state index contributed by atoms with van der Waals surface area (Å²) >= 11 is 0. The highest BCUT2D eigenvalue weighted by molar-refractivity contribution is 7.91. The van der Waals surface area contributed by atoms with Crippen LogP contribution in [0.1, 0.15) is 31.4 Å². The maximum atomic E-state index is 11.6. The van der Waals surface area contributed by atoms with Crippen molar-refractivity contribution >= 4 is 27.3 Å². The van der Waals surface area contributed by atoms with Gasteiger partial charge in [0, 0.05) is 17.9 Å². The van der Waals surface area contributed by atoms with Crippen LogP contribution in [0.25, 0.3) is 0 Å². The summed E-state index contributed by atoms with van der Waals surface area (Å²) < 4.78 is 23.2. The molecule has 1 saturated heterocycles. The van der Waals surface area contributed by atoms with Crippen LogP contribution in [-0.4, -0.2) is 35.9 Å². The molecule has 1 atom stereocenters. The third-order valence-electron chi connectivity index (χ3n) is 4.48. The molecular weight excluding hydrogens is 336 g/mol. The number of benzene rings is 1. The first-order valence-corrected chi connectivity index (χ1v) is 10.5. The summed E-state index contributed by atoms with van der Waals surface area (Å²) in [6.07, 6.45) is 4.15. The predicted molar refractivity (Wildman–Crippen MR) is 101 cm³/mol. The number of anilines is 3. The molecule has 0 aliphatic carbocycles. The van der Waals surface area contributed by atoms with Crippen LogP contribution in [0, 0.1) is 0 Å². The van der Waals surface area contributed by atoms with Gasteiger partial charge in [-0.3, -0.25) is 0 Å². The molecule has 0 amide bonds. The van der Waals surface area contributed by atoms with Crippen molar-refractivity contribution < 1.29 is 8.42 Å². The van der Waals surface area contributed by atoms with E-state index < -0.39 is 9.84 Å². The Morgan fingerprint density at radius 1 is 1.16 bits per heavy atom. The first-order chi connectivity index (χ1) is 12.0. The molecule has 2 heterocycles. The van der Waals surface area contributed by atoms with E-state index in [0.717, 1.165) is 18.5 Å². The van der Waals surface area contributed by atoms with Crippen molar-refractivity contribution in [1.82, 2.24) is 9.97 Å². The van der Waals surface area contributed by atoms with Gasteiger partial charge >= 0.3 is 0 Å². The van der Waals surface area contributed by atoms with Crippen LogP contribution in [0.5, 0.6) is 0 Å². The predicted octanol–water partition coefficient (Wildman–Crippen LogP) is 2.94. The molecule has 2 N–H and O–H groups in total. The number of sulfone groups is 1. The summed E-state index contributed by atoms with van der Waals surface area (Å²) in [5.74, 6) is 1.57. The van der Waals surface area contributed by atoms with E-state index in [1.165, 1.54) is 11.1 Å². The quantitative estimate of drug-likeness (QED) is 0.824. The number of aromatic nitrogens is 2. The van der Waals surface area contributed by atoms with Crippen LogP contribution in [-0.2, 0) is 22.7 Å². The number of nitrogens with zero attached hydrogens (tertiary/aromatic N) is 2. The normalized spacial score (nSPS) is 18.9. The van der Waals surface area contributed by atoms with Gasteiger partial charge in [0.25, 0.3) is 0 Å². The average Bonchev–Trinajstić information content (AvgIpc) is 2.94. The van der Waals surface area contributed by atoms with Crippen molar-refractivity contribution in [2.75, 3.05) is 22.1 Å². The summed E-state index contributed by atoms with van der Waals surface area (Å²) in [6.45, 7) is 4.25. The molecule has 0 saturated carbocycles. The van der Waals surface area contributed by atoms with Crippen LogP contribution in [0.3, 0.4) is 0 Å². The van der Waals surface area contributed by atoms with Crippen LogP contribution < -0.4 is 10.6 Å². The number of para-hydroxylation sites is 1. The second kappa shape index (κ2) is 7.39. The van der Waals surface area contributed by atoms with Crippen molar-refractivity contribution in [1.29, 1.82) is 0 Å². The Labute approximate surface area is 149 Å². The highest BCUT2D eigenvalue weighted by Crippen LogP contribution is 2.25. The molecule has 0 bridgehead atoms. The molecule has 1 unspecified atom stereocenters. The van der Waals surface area contributed by atoms with E-state index in [1.807, 2.05) is 0 Å². The Balaban J connectivity index is 1.79. The lowest BCUT2D eigenvalue weighted by Crippen LogP contribution is -2.21. The van der Waals surface area contributed by atoms with E-state index in [0.29, 0.717) is 18.2 Å². The number of rotatable bonds is 6. The van der Waals surface area contributed by atoms with Gasteiger partial charge in [-0.15, -0.1) is 0 Å². The van der Waals surface area contributed by atoms with Gasteiger partial charge < -0.3 is 10.6 Å². The number of hydrogen-bond acceptors (Lipinski definition) is 6. The minimum atomic E-state index is -2.91. The molecule has 1 aromatic heterocycles. The largest absolute Gasteiger partial charge is 0.366 e. The zero-order valence-corrected chi connectivity index (χ0v) is 15.4. The van der Waals surface area contributed by atoms with Gasteiger partial charge in [0.1, 0.15) is 5.82 Å². The fourth-order valence-electron chi connectivity index (χ4n) is 3.13. The molecule has 6 nitrogen and oxygen atoms in total. The lowest BCUT2D eigenvalue weighted by molar-refractivity contribution is 0.602. The molecule has 1 aliphatic heterocycles. The third-order valence-corrected chi connectivity index (χ3v) is 6.24. The lowest BCUT2D eigenvalue weighted by Gasteiger charge is -2.16. The molecule has 134 valence electrons. The lowest BCUT2D eigenvalue weighted by atomic mass is 10.0. The Bertz CT molecular complexity index is 830. The zero-order chi connectivity index (χ0) is 17.9. The fraction of sp³-hybridized carbons (Fsp3) is 0.444. The van der Waals surface area contributed by atoms with Crippen LogP contribution in [0.15, 0.2) is 30.5 Å². The van der Waals surface area contributed by atoms with Gasteiger partial charge in [-0.2, -0.15) is 4.98 Å². The second-order valence-electron chi connectivity index (χ2n) is 6.29. The molecular formula is C18H24N4O2S. The highest BCUT2D eigenvalue weighted by Gasteiger charge is 2.27. The Morgan fingerprint density at radius 3 is 2.48 bits per heavy atom. The van der Waals surface area contributed by atoms with Gasteiger partial charge in [0.2, 0.25) is 5.95 Å². The minimum absolute atomic E-state index is 0.0816. The SMILES string of the molecule is CCc1cccc(CC)c1Nc1nccc(NC2CCS(=O)(=O)C2)n1. The monoisotopic (exact) mass is 360 g/mol. The van der Waals surface area contributed by atoms with Gasteiger partial charge in [0.15, 0.2) is 9.84 Å². The number of nitrogens with one attached hydrogen (secondary N) is 2. The first-order valence-electron chi connectivity index (χ1n) is 8.68. The van der Waals surface area contributed by atoms with E-state index in [4.69, 9.17) is 0 Å². The topological polar surface area (TPSA) is 84.0 Å². The van der Waals surface area contributed by atoms with Crippen LogP contribution >= 0.6 is 0 Å². The van der Waals surface area contributed by atoms with E-state index in [9.17, 15) is 8.42 Å². The average molecular weight is 360 g/mol. The fourth-order valence-corrected chi connectivity index (χ4v) is 4.81. The molecule has 25 heavy (non-hydrogen) atoms. The van der Waals surface area contributed by atoms with Crippen LogP contribution in [0.2, 0.25) is 0 Å². The summed E-state index contributed by atoms with van der Waals surface area (Å²) in [7, 11) is -2.91. The Kier molecular flexibility index (Phi) is 5.22. The molecule has 0 radical (unpaired) electrons. The first kappa shape index (κ1) is 17.7. The smallest absolute Gasteiger partial charge is 0.229 e. The summed E-state index contributed by atoms with van der Waals surface area (Å²) in [6, 6.07) is 7.96. The van der Waals surface area contributed by atoms with Gasteiger partial charge in [0.05, 0.1) is 11.5 Å². The minimum Gasteiger partial charge on any atom is -0.366 e. The van der Waals surface area contributed by atoms with Crippen molar-refractivity contribution in [3.8, 4) is 0 Å². The molecule has 1 aliphatic rings. The van der Waals surface area contributed by atoms with E-state index in [2.05, 4.69) is 52.6 Å². The van der Waals surface area contributed by atoms with Crippen molar-refractivity contribution in [3.05, 3.63) is 41.6 Å².